The van der Waals surface area contributed by atoms with Crippen molar-refractivity contribution in [3.8, 4) is 0 Å². The van der Waals surface area contributed by atoms with Crippen LogP contribution in [-0.2, 0) is 20.8 Å². The number of fused-ring (bicyclic) bond motifs is 1. The highest BCUT2D eigenvalue weighted by Gasteiger charge is 2.53. The van der Waals surface area contributed by atoms with Gasteiger partial charge in [-0.3, -0.25) is 9.48 Å². The molecule has 8 heteroatoms. The Morgan fingerprint density at radius 2 is 2.24 bits per heavy atom. The molecular weight excluding hydrogens is 326 g/mol. The van der Waals surface area contributed by atoms with Crippen LogP contribution >= 0.6 is 0 Å². The molecule has 2 fully saturated rings. The van der Waals surface area contributed by atoms with Gasteiger partial charge in [-0.25, -0.2) is 4.79 Å². The number of carboxylic acid groups (broad SMARTS) is 1. The molecule has 2 heterocycles. The van der Waals surface area contributed by atoms with Crippen molar-refractivity contribution in [1.82, 2.24) is 14.7 Å². The molecule has 2 aliphatic rings. The van der Waals surface area contributed by atoms with Crippen molar-refractivity contribution in [3.05, 3.63) is 18.0 Å². The summed E-state index contributed by atoms with van der Waals surface area (Å²) in [4.78, 5) is 25.5. The molecule has 1 aromatic rings. The molecule has 1 saturated heterocycles. The van der Waals surface area contributed by atoms with Gasteiger partial charge in [0.05, 0.1) is 29.5 Å². The number of aryl methyl sites for hydroxylation is 1. The average Bonchev–Trinajstić information content (AvgIpc) is 3.24. The van der Waals surface area contributed by atoms with Crippen molar-refractivity contribution in [2.45, 2.75) is 56.9 Å². The number of aromatic nitrogens is 2. The van der Waals surface area contributed by atoms with E-state index in [0.717, 1.165) is 19.3 Å². The summed E-state index contributed by atoms with van der Waals surface area (Å²) in [5.74, 6) is -1.03. The molecule has 1 aliphatic carbocycles. The fraction of sp³-hybridized carbons (Fsp3) is 0.706. The summed E-state index contributed by atoms with van der Waals surface area (Å²) < 4.78 is 13.0. The van der Waals surface area contributed by atoms with Crippen LogP contribution in [0.25, 0.3) is 0 Å². The molecule has 138 valence electrons. The van der Waals surface area contributed by atoms with Crippen LogP contribution in [0.4, 0.5) is 0 Å². The zero-order valence-electron chi connectivity index (χ0n) is 14.7. The van der Waals surface area contributed by atoms with Crippen LogP contribution < -0.4 is 0 Å². The van der Waals surface area contributed by atoms with Gasteiger partial charge in [0.25, 0.3) is 5.91 Å². The van der Waals surface area contributed by atoms with Gasteiger partial charge in [-0.2, -0.15) is 5.10 Å². The number of rotatable bonds is 6. The number of hydrogen-bond acceptors (Lipinski definition) is 5. The van der Waals surface area contributed by atoms with Crippen molar-refractivity contribution < 1.29 is 24.2 Å². The Hall–Kier alpha value is -1.93. The average molecular weight is 351 g/mol. The van der Waals surface area contributed by atoms with Gasteiger partial charge in [0.1, 0.15) is 6.61 Å². The lowest BCUT2D eigenvalue weighted by molar-refractivity contribution is -0.148. The predicted molar refractivity (Wildman–Crippen MR) is 88.3 cm³/mol. The van der Waals surface area contributed by atoms with Gasteiger partial charge in [0.15, 0.2) is 0 Å². The number of carbonyl (C=O) groups excluding carboxylic acids is 1. The summed E-state index contributed by atoms with van der Waals surface area (Å²) in [6, 6.07) is -0.109. The van der Waals surface area contributed by atoms with Crippen molar-refractivity contribution in [1.29, 1.82) is 0 Å². The number of likely N-dealkylation sites (tertiary alicyclic amines) is 1. The van der Waals surface area contributed by atoms with Gasteiger partial charge in [0, 0.05) is 26.4 Å². The molecule has 3 atom stereocenters. The fourth-order valence-electron chi connectivity index (χ4n) is 4.06. The zero-order chi connectivity index (χ0) is 18.0. The maximum Gasteiger partial charge on any atom is 0.329 e. The molecule has 2 unspecified atom stereocenters. The number of nitrogens with zero attached hydrogens (tertiary/aromatic N) is 3. The van der Waals surface area contributed by atoms with E-state index in [0.29, 0.717) is 25.1 Å². The molecule has 1 N–H and O–H groups in total. The van der Waals surface area contributed by atoms with E-state index in [-0.39, 0.29) is 30.3 Å². The highest BCUT2D eigenvalue weighted by molar-refractivity contribution is 5.94. The first-order chi connectivity index (χ1) is 12.0. The molecule has 1 saturated carbocycles. The van der Waals surface area contributed by atoms with Crippen LogP contribution in [0.15, 0.2) is 12.4 Å². The largest absolute Gasteiger partial charge is 0.480 e. The Bertz CT molecular complexity index is 646. The van der Waals surface area contributed by atoms with Crippen LogP contribution in [0.2, 0.25) is 0 Å². The molecule has 1 aliphatic heterocycles. The summed E-state index contributed by atoms with van der Waals surface area (Å²) in [6.07, 6.45) is 6.07. The first kappa shape index (κ1) is 17.9. The molecule has 8 nitrogen and oxygen atoms in total. The molecule has 0 bridgehead atoms. The van der Waals surface area contributed by atoms with E-state index < -0.39 is 5.97 Å². The smallest absolute Gasteiger partial charge is 0.329 e. The van der Waals surface area contributed by atoms with Gasteiger partial charge in [-0.15, -0.1) is 0 Å². The molecule has 0 radical (unpaired) electrons. The lowest BCUT2D eigenvalue weighted by Crippen LogP contribution is -2.53. The maximum absolute atomic E-state index is 12.9. The second-order valence-corrected chi connectivity index (χ2v) is 6.72. The molecule has 3 rings (SSSR count). The van der Waals surface area contributed by atoms with Gasteiger partial charge in [-0.1, -0.05) is 0 Å². The van der Waals surface area contributed by atoms with Gasteiger partial charge in [0.2, 0.25) is 0 Å². The summed E-state index contributed by atoms with van der Waals surface area (Å²) in [6.45, 7) is 3.00. The summed E-state index contributed by atoms with van der Waals surface area (Å²) >= 11 is 0. The number of amides is 1. The highest BCUT2D eigenvalue weighted by Crippen LogP contribution is 2.43. The second kappa shape index (κ2) is 7.13. The van der Waals surface area contributed by atoms with E-state index >= 15 is 0 Å². The van der Waals surface area contributed by atoms with Gasteiger partial charge >= 0.3 is 5.97 Å². The first-order valence-electron chi connectivity index (χ1n) is 8.71. The number of methoxy groups -OCH3 is 1. The van der Waals surface area contributed by atoms with Crippen LogP contribution in [0.5, 0.6) is 0 Å². The fourth-order valence-corrected chi connectivity index (χ4v) is 4.06. The molecule has 1 amide bonds. The zero-order valence-corrected chi connectivity index (χ0v) is 14.7. The van der Waals surface area contributed by atoms with Crippen molar-refractivity contribution >= 4 is 11.9 Å². The Kier molecular flexibility index (Phi) is 5.10. The van der Waals surface area contributed by atoms with Gasteiger partial charge in [-0.05, 0) is 32.6 Å². The summed E-state index contributed by atoms with van der Waals surface area (Å²) in [7, 11) is 1.69. The van der Waals surface area contributed by atoms with E-state index in [2.05, 4.69) is 5.10 Å². The van der Waals surface area contributed by atoms with Gasteiger partial charge < -0.3 is 19.5 Å². The first-order valence-corrected chi connectivity index (χ1v) is 8.71. The maximum atomic E-state index is 12.9. The quantitative estimate of drug-likeness (QED) is 0.826. The second-order valence-electron chi connectivity index (χ2n) is 6.72. The van der Waals surface area contributed by atoms with E-state index in [1.807, 2.05) is 11.8 Å². The number of aliphatic carboxylic acids is 1. The number of carbonyl (C=O) groups is 2. The molecule has 1 aromatic heterocycles. The SMILES string of the molecule is CCn1cc(C(=O)N2CC[C@]3(OC)CCC(OCC(=O)O)CC23)cn1. The third kappa shape index (κ3) is 3.41. The molecule has 0 spiro atoms. The summed E-state index contributed by atoms with van der Waals surface area (Å²) in [5, 5.41) is 13.0. The van der Waals surface area contributed by atoms with Crippen molar-refractivity contribution in [3.63, 3.8) is 0 Å². The van der Waals surface area contributed by atoms with Crippen molar-refractivity contribution in [2.24, 2.45) is 0 Å². The van der Waals surface area contributed by atoms with E-state index in [1.54, 1.807) is 24.2 Å². The topological polar surface area (TPSA) is 93.9 Å². The van der Waals surface area contributed by atoms with Crippen LogP contribution in [0.1, 0.15) is 43.0 Å². The standard InChI is InChI=1S/C17H25N3O5/c1-3-19-10-12(9-18-19)16(23)20-7-6-17(24-2)5-4-13(8-14(17)20)25-11-15(21)22/h9-10,13-14H,3-8,11H2,1-2H3,(H,21,22)/t13?,14?,17-/m1/s1. The van der Waals surface area contributed by atoms with Crippen LogP contribution in [-0.4, -0.2) is 69.7 Å². The minimum atomic E-state index is -0.977. The predicted octanol–water partition coefficient (Wildman–Crippen LogP) is 1.16. The van der Waals surface area contributed by atoms with Crippen molar-refractivity contribution in [2.75, 3.05) is 20.3 Å². The normalized spacial score (nSPS) is 28.8. The van der Waals surface area contributed by atoms with E-state index in [4.69, 9.17) is 14.6 Å². The third-order valence-corrected chi connectivity index (χ3v) is 5.45. The molecule has 25 heavy (non-hydrogen) atoms. The monoisotopic (exact) mass is 351 g/mol. The summed E-state index contributed by atoms with van der Waals surface area (Å²) in [5.41, 5.74) is 0.210. The van der Waals surface area contributed by atoms with E-state index in [1.165, 1.54) is 0 Å². The minimum absolute atomic E-state index is 0.0532. The van der Waals surface area contributed by atoms with E-state index in [9.17, 15) is 9.59 Å². The molecule has 0 aromatic carbocycles. The van der Waals surface area contributed by atoms with Crippen LogP contribution in [0.3, 0.4) is 0 Å². The Balaban J connectivity index is 1.76. The minimum Gasteiger partial charge on any atom is -0.480 e. The Labute approximate surface area is 146 Å². The Morgan fingerprint density at radius 3 is 2.88 bits per heavy atom. The molecular formula is C17H25N3O5. The number of carboxylic acids is 1. The third-order valence-electron chi connectivity index (χ3n) is 5.45. The highest BCUT2D eigenvalue weighted by atomic mass is 16.5. The number of ether oxygens (including phenoxy) is 2. The van der Waals surface area contributed by atoms with Crippen LogP contribution in [0, 0.1) is 0 Å². The lowest BCUT2D eigenvalue weighted by Gasteiger charge is -2.43. The Morgan fingerprint density at radius 1 is 1.44 bits per heavy atom. The number of hydrogen-bond donors (Lipinski definition) is 1. The lowest BCUT2D eigenvalue weighted by atomic mass is 9.79.